The molecule has 1 N–H and O–H groups in total. The highest BCUT2D eigenvalue weighted by Crippen LogP contribution is 2.22. The van der Waals surface area contributed by atoms with Crippen LogP contribution in [0.1, 0.15) is 31.4 Å². The number of carbonyl (C=O) groups excluding carboxylic acids is 1. The van der Waals surface area contributed by atoms with E-state index in [4.69, 9.17) is 4.42 Å². The van der Waals surface area contributed by atoms with Gasteiger partial charge >= 0.3 is 5.97 Å². The maximum atomic E-state index is 12.3. The summed E-state index contributed by atoms with van der Waals surface area (Å²) in [7, 11) is 0. The molecule has 5 nitrogen and oxygen atoms in total. The van der Waals surface area contributed by atoms with Crippen molar-refractivity contribution in [3.63, 3.8) is 0 Å². The Hall–Kier alpha value is -2.30. The van der Waals surface area contributed by atoms with E-state index in [0.717, 1.165) is 29.6 Å². The van der Waals surface area contributed by atoms with Crippen LogP contribution >= 0.6 is 0 Å². The summed E-state index contributed by atoms with van der Waals surface area (Å²) >= 11 is 0. The number of carbonyl (C=O) groups is 2. The van der Waals surface area contributed by atoms with Gasteiger partial charge in [-0.15, -0.1) is 0 Å². The summed E-state index contributed by atoms with van der Waals surface area (Å²) in [5.41, 5.74) is 0.811. The number of piperidine rings is 1. The molecule has 1 aliphatic rings. The largest absolute Gasteiger partial charge is 0.480 e. The van der Waals surface area contributed by atoms with Crippen molar-refractivity contribution in [2.75, 3.05) is 6.54 Å². The number of carboxylic acid groups (broad SMARTS) is 1. The number of rotatable bonds is 4. The van der Waals surface area contributed by atoms with Gasteiger partial charge in [0.15, 0.2) is 0 Å². The van der Waals surface area contributed by atoms with Gasteiger partial charge in [0.1, 0.15) is 17.4 Å². The van der Waals surface area contributed by atoms with Gasteiger partial charge in [-0.25, -0.2) is 4.79 Å². The van der Waals surface area contributed by atoms with E-state index in [1.165, 1.54) is 4.90 Å². The minimum atomic E-state index is -0.906. The van der Waals surface area contributed by atoms with Crippen LogP contribution in [0.25, 0.3) is 11.0 Å². The zero-order valence-electron chi connectivity index (χ0n) is 12.3. The first-order chi connectivity index (χ1) is 10.6. The molecule has 1 fully saturated rings. The van der Waals surface area contributed by atoms with Crippen LogP contribution in [0.5, 0.6) is 0 Å². The number of benzene rings is 1. The Morgan fingerprint density at radius 2 is 2.09 bits per heavy atom. The molecule has 5 heteroatoms. The molecular weight excluding hydrogens is 282 g/mol. The van der Waals surface area contributed by atoms with Gasteiger partial charge in [-0.1, -0.05) is 18.2 Å². The molecule has 1 saturated heterocycles. The maximum absolute atomic E-state index is 12.3. The third-order valence-corrected chi connectivity index (χ3v) is 4.17. The zero-order chi connectivity index (χ0) is 15.5. The van der Waals surface area contributed by atoms with Crippen molar-refractivity contribution >= 4 is 22.8 Å². The molecule has 116 valence electrons. The van der Waals surface area contributed by atoms with Gasteiger partial charge in [-0.05, 0) is 31.4 Å². The lowest BCUT2D eigenvalue weighted by Gasteiger charge is -2.33. The molecule has 1 aromatic heterocycles. The summed E-state index contributed by atoms with van der Waals surface area (Å²) in [5, 5.41) is 10.2. The molecule has 0 aliphatic carbocycles. The van der Waals surface area contributed by atoms with E-state index >= 15 is 0 Å². The molecule has 1 amide bonds. The number of hydrogen-bond acceptors (Lipinski definition) is 3. The van der Waals surface area contributed by atoms with E-state index < -0.39 is 12.0 Å². The van der Waals surface area contributed by atoms with Gasteiger partial charge in [-0.2, -0.15) is 0 Å². The Labute approximate surface area is 128 Å². The fraction of sp³-hybridized carbons (Fsp3) is 0.412. The molecule has 0 spiro atoms. The van der Waals surface area contributed by atoms with E-state index in [-0.39, 0.29) is 12.3 Å². The van der Waals surface area contributed by atoms with Crippen LogP contribution in [0.3, 0.4) is 0 Å². The van der Waals surface area contributed by atoms with Crippen molar-refractivity contribution < 1.29 is 19.1 Å². The van der Waals surface area contributed by atoms with Crippen molar-refractivity contribution in [2.24, 2.45) is 0 Å². The minimum absolute atomic E-state index is 0.104. The fourth-order valence-corrected chi connectivity index (χ4v) is 3.02. The maximum Gasteiger partial charge on any atom is 0.326 e. The Balaban J connectivity index is 1.64. The number of para-hydroxylation sites is 1. The van der Waals surface area contributed by atoms with Crippen molar-refractivity contribution in [1.29, 1.82) is 0 Å². The summed E-state index contributed by atoms with van der Waals surface area (Å²) in [5.74, 6) is -0.247. The van der Waals surface area contributed by atoms with Gasteiger partial charge in [0.2, 0.25) is 5.91 Å². The van der Waals surface area contributed by atoms with Gasteiger partial charge in [0, 0.05) is 24.8 Å². The Bertz CT molecular complexity index is 658. The van der Waals surface area contributed by atoms with Crippen LogP contribution in [-0.4, -0.2) is 34.5 Å². The molecule has 1 aromatic carbocycles. The van der Waals surface area contributed by atoms with Crippen molar-refractivity contribution in [3.05, 3.63) is 36.1 Å². The third-order valence-electron chi connectivity index (χ3n) is 4.17. The quantitative estimate of drug-likeness (QED) is 0.942. The van der Waals surface area contributed by atoms with Crippen LogP contribution in [0, 0.1) is 0 Å². The summed E-state index contributed by atoms with van der Waals surface area (Å²) in [6.07, 6.45) is 3.07. The lowest BCUT2D eigenvalue weighted by atomic mass is 10.0. The zero-order valence-corrected chi connectivity index (χ0v) is 12.3. The smallest absolute Gasteiger partial charge is 0.326 e. The molecule has 2 aromatic rings. The highest BCUT2D eigenvalue weighted by Gasteiger charge is 2.31. The Kier molecular flexibility index (Phi) is 4.13. The Morgan fingerprint density at radius 3 is 2.86 bits per heavy atom. The Morgan fingerprint density at radius 1 is 1.27 bits per heavy atom. The van der Waals surface area contributed by atoms with Crippen molar-refractivity contribution in [1.82, 2.24) is 4.90 Å². The van der Waals surface area contributed by atoms with Crippen LogP contribution < -0.4 is 0 Å². The van der Waals surface area contributed by atoms with E-state index in [1.54, 1.807) is 0 Å². The average molecular weight is 301 g/mol. The van der Waals surface area contributed by atoms with E-state index in [2.05, 4.69) is 0 Å². The lowest BCUT2D eigenvalue weighted by molar-refractivity contribution is -0.152. The number of aliphatic carboxylic acids is 1. The van der Waals surface area contributed by atoms with Crippen molar-refractivity contribution in [2.45, 2.75) is 38.1 Å². The standard InChI is InChI=1S/C17H19NO4/c19-16(18-10-4-3-6-14(18)17(20)21)9-8-13-11-12-5-1-2-7-15(12)22-13/h1-2,5,7,11,14H,3-4,6,8-10H2,(H,20,21)/t14-/m1/s1. The predicted molar refractivity (Wildman–Crippen MR) is 81.5 cm³/mol. The molecule has 0 unspecified atom stereocenters. The van der Waals surface area contributed by atoms with Crippen LogP contribution in [0.4, 0.5) is 0 Å². The van der Waals surface area contributed by atoms with Crippen LogP contribution in [0.2, 0.25) is 0 Å². The minimum Gasteiger partial charge on any atom is -0.480 e. The second-order valence-corrected chi connectivity index (χ2v) is 5.69. The molecule has 0 saturated carbocycles. The third kappa shape index (κ3) is 2.98. The molecule has 3 rings (SSSR count). The molecule has 0 bridgehead atoms. The number of hydrogen-bond donors (Lipinski definition) is 1. The monoisotopic (exact) mass is 301 g/mol. The highest BCUT2D eigenvalue weighted by molar-refractivity contribution is 5.84. The SMILES string of the molecule is O=C(O)[C@H]1CCCCN1C(=O)CCc1cc2ccccc2o1. The summed E-state index contributed by atoms with van der Waals surface area (Å²) in [4.78, 5) is 25.1. The molecule has 1 aliphatic heterocycles. The number of nitrogens with zero attached hydrogens (tertiary/aromatic N) is 1. The highest BCUT2D eigenvalue weighted by atomic mass is 16.4. The first-order valence-electron chi connectivity index (χ1n) is 7.65. The van der Waals surface area contributed by atoms with Gasteiger partial charge < -0.3 is 14.4 Å². The number of amides is 1. The van der Waals surface area contributed by atoms with Crippen LogP contribution in [0.15, 0.2) is 34.7 Å². The second kappa shape index (κ2) is 6.22. The first kappa shape index (κ1) is 14.6. The lowest BCUT2D eigenvalue weighted by Crippen LogP contribution is -2.48. The normalized spacial score (nSPS) is 18.5. The molecule has 0 radical (unpaired) electrons. The number of carboxylic acids is 1. The van der Waals surface area contributed by atoms with E-state index in [1.807, 2.05) is 30.3 Å². The molecule has 2 heterocycles. The number of likely N-dealkylation sites (tertiary alicyclic amines) is 1. The molecule has 1 atom stereocenters. The number of aryl methyl sites for hydroxylation is 1. The molecular formula is C17H19NO4. The second-order valence-electron chi connectivity index (χ2n) is 5.69. The topological polar surface area (TPSA) is 70.8 Å². The summed E-state index contributed by atoms with van der Waals surface area (Å²) < 4.78 is 5.69. The number of furan rings is 1. The van der Waals surface area contributed by atoms with Gasteiger partial charge in [0.05, 0.1) is 0 Å². The summed E-state index contributed by atoms with van der Waals surface area (Å²) in [6, 6.07) is 8.98. The van der Waals surface area contributed by atoms with Gasteiger partial charge in [0.25, 0.3) is 0 Å². The number of fused-ring (bicyclic) bond motifs is 1. The van der Waals surface area contributed by atoms with E-state index in [9.17, 15) is 14.7 Å². The van der Waals surface area contributed by atoms with E-state index in [0.29, 0.717) is 19.4 Å². The first-order valence-corrected chi connectivity index (χ1v) is 7.65. The fourth-order valence-electron chi connectivity index (χ4n) is 3.02. The molecule has 22 heavy (non-hydrogen) atoms. The van der Waals surface area contributed by atoms with Crippen LogP contribution in [-0.2, 0) is 16.0 Å². The predicted octanol–water partition coefficient (Wildman–Crippen LogP) is 2.83. The van der Waals surface area contributed by atoms with Gasteiger partial charge in [-0.3, -0.25) is 4.79 Å². The summed E-state index contributed by atoms with van der Waals surface area (Å²) in [6.45, 7) is 0.538. The average Bonchev–Trinajstić information content (AvgIpc) is 2.95. The van der Waals surface area contributed by atoms with Crippen molar-refractivity contribution in [3.8, 4) is 0 Å².